The Kier molecular flexibility index (Phi) is 10.7. The highest BCUT2D eigenvalue weighted by Crippen LogP contribution is 2.50. The summed E-state index contributed by atoms with van der Waals surface area (Å²) in [5, 5.41) is 0. The van der Waals surface area contributed by atoms with E-state index in [0.29, 0.717) is 51.4 Å². The highest BCUT2D eigenvalue weighted by molar-refractivity contribution is 5.34. The first-order valence-corrected chi connectivity index (χ1v) is 17.7. The van der Waals surface area contributed by atoms with Crippen molar-refractivity contribution in [2.45, 2.75) is 164 Å². The Labute approximate surface area is 289 Å². The molecule has 3 aliphatic rings. The van der Waals surface area contributed by atoms with Gasteiger partial charge >= 0.3 is 17.1 Å². The Morgan fingerprint density at radius 2 is 0.816 bits per heavy atom. The van der Waals surface area contributed by atoms with Crippen LogP contribution < -0.4 is 17.1 Å². The topological polar surface area (TPSA) is 154 Å². The maximum Gasteiger partial charge on any atom is 0.336 e. The number of rotatable bonds is 10. The lowest BCUT2D eigenvalue weighted by Gasteiger charge is -2.46. The van der Waals surface area contributed by atoms with Crippen LogP contribution in [0.2, 0.25) is 0 Å². The quantitative estimate of drug-likeness (QED) is 0.241. The number of nitrogens with zero attached hydrogens (tertiary/aromatic N) is 6. The summed E-state index contributed by atoms with van der Waals surface area (Å²) in [4.78, 5) is 88.9. The van der Waals surface area contributed by atoms with Crippen LogP contribution in [0.15, 0.2) is 29.4 Å². The second kappa shape index (κ2) is 13.7. The Morgan fingerprint density at radius 1 is 0.510 bits per heavy atom. The van der Waals surface area contributed by atoms with Crippen molar-refractivity contribution in [2.75, 3.05) is 0 Å². The van der Waals surface area contributed by atoms with Crippen LogP contribution in [0.4, 0.5) is 0 Å². The zero-order valence-corrected chi connectivity index (χ0v) is 31.1. The lowest BCUT2D eigenvalue weighted by Crippen LogP contribution is -2.58. The lowest BCUT2D eigenvalue weighted by molar-refractivity contribution is 0.0562. The average molecular weight is 681 g/mol. The van der Waals surface area contributed by atoms with E-state index in [-0.39, 0.29) is 59.4 Å². The van der Waals surface area contributed by atoms with Crippen LogP contribution >= 0.6 is 0 Å². The molecule has 0 aromatic carbocycles. The van der Waals surface area contributed by atoms with Crippen LogP contribution in [0.25, 0.3) is 0 Å². The molecule has 0 amide bonds. The van der Waals surface area contributed by atoms with Gasteiger partial charge in [-0.15, -0.1) is 0 Å². The van der Waals surface area contributed by atoms with E-state index in [1.807, 2.05) is 13.8 Å². The fraction of sp³-hybridized carbons (Fsp3) is 0.838. The zero-order valence-electron chi connectivity index (χ0n) is 31.1. The van der Waals surface area contributed by atoms with E-state index < -0.39 is 27.9 Å². The smallest absolute Gasteiger partial charge is 0.247 e. The van der Waals surface area contributed by atoms with E-state index >= 15 is 0 Å². The zero-order chi connectivity index (χ0) is 36.6. The number of carbonyl (C=O) groups excluding carboxylic acids is 3. The summed E-state index contributed by atoms with van der Waals surface area (Å²) in [5.74, 6) is 0. The maximum absolute atomic E-state index is 14.4. The van der Waals surface area contributed by atoms with E-state index in [0.717, 1.165) is 12.8 Å². The molecule has 0 saturated heterocycles. The fourth-order valence-electron chi connectivity index (χ4n) is 11.0. The van der Waals surface area contributed by atoms with Gasteiger partial charge in [0.05, 0.1) is 18.1 Å². The first kappa shape index (κ1) is 38.4. The minimum atomic E-state index is -0.656. The molecule has 4 rings (SSSR count). The van der Waals surface area contributed by atoms with Crippen LogP contribution in [-0.2, 0) is 34.0 Å². The van der Waals surface area contributed by atoms with Crippen LogP contribution in [0, 0.1) is 32.5 Å². The van der Waals surface area contributed by atoms with Crippen molar-refractivity contribution in [3.63, 3.8) is 0 Å². The van der Waals surface area contributed by atoms with Gasteiger partial charge in [0.1, 0.15) is 0 Å². The summed E-state index contributed by atoms with van der Waals surface area (Å²) in [6.07, 6.45) is 11.6. The van der Waals surface area contributed by atoms with Gasteiger partial charge in [0, 0.05) is 19.6 Å². The Hall–Kier alpha value is -3.45. The van der Waals surface area contributed by atoms with Gasteiger partial charge in [-0.3, -0.25) is 0 Å². The molecule has 0 spiro atoms. The van der Waals surface area contributed by atoms with Crippen LogP contribution in [-0.4, -0.2) is 50.1 Å². The van der Waals surface area contributed by atoms with E-state index in [1.54, 1.807) is 18.2 Å². The van der Waals surface area contributed by atoms with Gasteiger partial charge in [-0.1, -0.05) is 62.3 Å². The number of hydrogen-bond donors (Lipinski definition) is 0. The van der Waals surface area contributed by atoms with Crippen molar-refractivity contribution in [1.29, 1.82) is 0 Å². The van der Waals surface area contributed by atoms with Crippen LogP contribution in [0.3, 0.4) is 0 Å². The van der Waals surface area contributed by atoms with E-state index in [9.17, 15) is 28.8 Å². The molecule has 12 nitrogen and oxygen atoms in total. The molecule has 6 atom stereocenters. The Bertz CT molecular complexity index is 1660. The number of isocyanates is 3. The molecule has 1 aromatic rings. The number of hydrogen-bond acceptors (Lipinski definition) is 9. The predicted octanol–water partition coefficient (Wildman–Crippen LogP) is 5.32. The minimum Gasteiger partial charge on any atom is -0.247 e. The van der Waals surface area contributed by atoms with Gasteiger partial charge in [0.15, 0.2) is 0 Å². The maximum atomic E-state index is 14.4. The minimum absolute atomic E-state index is 0.0694. The molecule has 0 radical (unpaired) electrons. The van der Waals surface area contributed by atoms with E-state index in [1.165, 1.54) is 13.7 Å². The van der Waals surface area contributed by atoms with Gasteiger partial charge in [0.2, 0.25) is 18.2 Å². The van der Waals surface area contributed by atoms with Crippen LogP contribution in [0.1, 0.15) is 127 Å². The second-order valence-corrected chi connectivity index (χ2v) is 19.2. The van der Waals surface area contributed by atoms with Crippen molar-refractivity contribution in [1.82, 2.24) is 13.7 Å². The second-order valence-electron chi connectivity index (χ2n) is 19.2. The first-order valence-electron chi connectivity index (χ1n) is 17.7. The monoisotopic (exact) mass is 680 g/mol. The lowest BCUT2D eigenvalue weighted by atomic mass is 9.61. The van der Waals surface area contributed by atoms with Gasteiger partial charge in [-0.25, -0.2) is 57.4 Å². The van der Waals surface area contributed by atoms with Crippen molar-refractivity contribution in [2.24, 2.45) is 47.5 Å². The molecule has 0 N–H and O–H groups in total. The molecule has 1 aromatic heterocycles. The summed E-state index contributed by atoms with van der Waals surface area (Å²) in [6.45, 7) is 19.0. The van der Waals surface area contributed by atoms with Crippen molar-refractivity contribution in [3.05, 3.63) is 31.5 Å². The normalized spacial score (nSPS) is 33.4. The molecule has 3 fully saturated rings. The fourth-order valence-corrected chi connectivity index (χ4v) is 11.0. The molecule has 12 heteroatoms. The summed E-state index contributed by atoms with van der Waals surface area (Å²) >= 11 is 0. The molecule has 49 heavy (non-hydrogen) atoms. The Morgan fingerprint density at radius 3 is 1.16 bits per heavy atom. The van der Waals surface area contributed by atoms with E-state index in [4.69, 9.17) is 0 Å². The molecule has 0 aliphatic heterocycles. The van der Waals surface area contributed by atoms with Gasteiger partial charge in [0.25, 0.3) is 0 Å². The molecule has 3 aliphatic carbocycles. The number of aromatic nitrogens is 3. The summed E-state index contributed by atoms with van der Waals surface area (Å²) in [6, 6.07) is -0.766. The third kappa shape index (κ3) is 9.22. The SMILES string of the molecule is CC1(C)CC(N=C=O)CC(C)(CCn2c(=O)n(CC3(C)CC(N=C=O)CC(C)(C)C3)c(=O)n(CC3(C)CC(N=C=O)CC(C)(C)C3)c2=O)C1. The molecule has 6 unspecified atom stereocenters. The van der Waals surface area contributed by atoms with Crippen LogP contribution in [0.5, 0.6) is 0 Å². The predicted molar refractivity (Wildman–Crippen MR) is 187 cm³/mol. The third-order valence-electron chi connectivity index (χ3n) is 11.4. The molecule has 1 heterocycles. The highest BCUT2D eigenvalue weighted by Gasteiger charge is 2.45. The molecule has 0 bridgehead atoms. The average Bonchev–Trinajstić information content (AvgIpc) is 2.91. The van der Waals surface area contributed by atoms with Crippen molar-refractivity contribution in [3.8, 4) is 0 Å². The highest BCUT2D eigenvalue weighted by atomic mass is 16.2. The molecule has 3 saturated carbocycles. The summed E-state index contributed by atoms with van der Waals surface area (Å²) < 4.78 is 3.65. The van der Waals surface area contributed by atoms with Gasteiger partial charge in [-0.05, 0) is 96.7 Å². The summed E-state index contributed by atoms with van der Waals surface area (Å²) in [5.41, 5.74) is -3.89. The number of aliphatic imine (C=N–C) groups is 3. The van der Waals surface area contributed by atoms with Crippen molar-refractivity contribution < 1.29 is 14.4 Å². The summed E-state index contributed by atoms with van der Waals surface area (Å²) in [7, 11) is 0. The first-order chi connectivity index (χ1) is 22.6. The van der Waals surface area contributed by atoms with Gasteiger partial charge in [-0.2, -0.15) is 0 Å². The molecular formula is C37H56N6O6. The molecule has 270 valence electrons. The molecular weight excluding hydrogens is 624 g/mol. The standard InChI is InChI=1S/C37H56N6O6/c1-32(2)12-26(38-23-44)15-35(7,18-32)10-11-41-29(47)42(21-36(8)16-27(39-24-45)13-33(3,4)19-36)31(49)43(30(41)48)22-37(9)17-28(40-25-46)14-34(5,6)20-37/h26-28H,10-22H2,1-9H3. The van der Waals surface area contributed by atoms with E-state index in [2.05, 4.69) is 63.4 Å². The Balaban J connectivity index is 1.82. The third-order valence-corrected chi connectivity index (χ3v) is 11.4. The van der Waals surface area contributed by atoms with Gasteiger partial charge < -0.3 is 0 Å². The van der Waals surface area contributed by atoms with Crippen molar-refractivity contribution >= 4 is 18.2 Å². The largest absolute Gasteiger partial charge is 0.336 e.